The van der Waals surface area contributed by atoms with Crippen molar-refractivity contribution in [3.63, 3.8) is 0 Å². The highest BCUT2D eigenvalue weighted by Crippen LogP contribution is 2.33. The highest BCUT2D eigenvalue weighted by Gasteiger charge is 2.29. The molecule has 1 fully saturated rings. The summed E-state index contributed by atoms with van der Waals surface area (Å²) >= 11 is 0.658. The molecule has 2 N–H and O–H groups in total. The van der Waals surface area contributed by atoms with E-state index in [0.717, 1.165) is 18.7 Å². The number of aromatic nitrogens is 3. The summed E-state index contributed by atoms with van der Waals surface area (Å²) in [4.78, 5) is 13.4. The lowest BCUT2D eigenvalue weighted by atomic mass is 10.2. The molecular weight excluding hydrogens is 574 g/mol. The normalized spacial score (nSPS) is 14.7. The zero-order valence-corrected chi connectivity index (χ0v) is 23.5. The Morgan fingerprint density at radius 1 is 0.976 bits per heavy atom. The Morgan fingerprint density at radius 3 is 2.32 bits per heavy atom. The van der Waals surface area contributed by atoms with Crippen LogP contribution >= 0.6 is 11.8 Å². The number of rotatable bonds is 8. The summed E-state index contributed by atoms with van der Waals surface area (Å²) in [6, 6.07) is 17.9. The van der Waals surface area contributed by atoms with E-state index >= 15 is 0 Å². The Hall–Kier alpha value is -3.69. The predicted octanol–water partition coefficient (Wildman–Crippen LogP) is 3.54. The molecule has 1 aliphatic rings. The van der Waals surface area contributed by atoms with Gasteiger partial charge in [-0.25, -0.2) is 22.7 Å². The molecule has 4 aromatic rings. The van der Waals surface area contributed by atoms with Gasteiger partial charge in [0.2, 0.25) is 10.0 Å². The van der Waals surface area contributed by atoms with Crippen LogP contribution in [0.1, 0.15) is 15.9 Å². The number of hydrogen-bond donors (Lipinski definition) is 2. The van der Waals surface area contributed by atoms with Crippen LogP contribution in [-0.4, -0.2) is 69.7 Å². The molecule has 0 radical (unpaired) electrons. The summed E-state index contributed by atoms with van der Waals surface area (Å²) < 4.78 is 59.1. The third-order valence-electron chi connectivity index (χ3n) is 6.70. The van der Waals surface area contributed by atoms with Crippen molar-refractivity contribution in [3.05, 3.63) is 89.5 Å². The molecule has 10 nitrogen and oxygen atoms in total. The van der Waals surface area contributed by atoms with Crippen LogP contribution in [0.3, 0.4) is 0 Å². The van der Waals surface area contributed by atoms with Gasteiger partial charge in [-0.2, -0.15) is 4.31 Å². The molecule has 3 aromatic carbocycles. The second-order valence-electron chi connectivity index (χ2n) is 9.37. The molecule has 214 valence electrons. The number of amides is 1. The Balaban J connectivity index is 1.31. The first kappa shape index (κ1) is 28.8. The van der Waals surface area contributed by atoms with E-state index in [1.807, 2.05) is 30.3 Å². The summed E-state index contributed by atoms with van der Waals surface area (Å²) in [5.41, 5.74) is 2.58. The Labute approximate surface area is 239 Å². The minimum Gasteiger partial charge on any atom is -0.305 e. The van der Waals surface area contributed by atoms with Gasteiger partial charge in [0.25, 0.3) is 5.91 Å². The standard InChI is InChI=1S/C27H26F2N6O4S2/c1-33-25(30-31-27(33)40-24-22(28)15-20(16-23(24)29)26(36)32-37)19-8-5-9-21(14-19)41(38,39)35-12-10-34(11-13-35)17-18-6-3-2-4-7-18/h2-9,14-16,37H,10-13,17H2,1H3,(H,32,36). The molecule has 2 heterocycles. The van der Waals surface area contributed by atoms with Crippen LogP contribution in [0.15, 0.2) is 81.7 Å². The van der Waals surface area contributed by atoms with E-state index in [-0.39, 0.29) is 15.6 Å². The quantitative estimate of drug-likeness (QED) is 0.233. The molecule has 5 rings (SSSR count). The summed E-state index contributed by atoms with van der Waals surface area (Å²) in [5.74, 6) is -2.79. The van der Waals surface area contributed by atoms with Crippen LogP contribution in [-0.2, 0) is 23.6 Å². The smallest absolute Gasteiger partial charge is 0.274 e. The summed E-state index contributed by atoms with van der Waals surface area (Å²) in [7, 11) is -2.18. The topological polar surface area (TPSA) is 121 Å². The first-order valence-corrected chi connectivity index (χ1v) is 14.8. The lowest BCUT2D eigenvalue weighted by molar-refractivity contribution is 0.0705. The highest BCUT2D eigenvalue weighted by atomic mass is 32.2. The first-order chi connectivity index (χ1) is 19.7. The first-order valence-electron chi connectivity index (χ1n) is 12.5. The van der Waals surface area contributed by atoms with Crippen molar-refractivity contribution >= 4 is 27.7 Å². The van der Waals surface area contributed by atoms with E-state index in [0.29, 0.717) is 49.3 Å². The van der Waals surface area contributed by atoms with Crippen LogP contribution in [0, 0.1) is 11.6 Å². The molecule has 14 heteroatoms. The predicted molar refractivity (Wildman–Crippen MR) is 147 cm³/mol. The van der Waals surface area contributed by atoms with E-state index < -0.39 is 32.5 Å². The van der Waals surface area contributed by atoms with Crippen LogP contribution in [0.25, 0.3) is 11.4 Å². The van der Waals surface area contributed by atoms with Crippen molar-refractivity contribution in [1.82, 2.24) is 29.4 Å². The number of piperazine rings is 1. The third kappa shape index (κ3) is 6.16. The van der Waals surface area contributed by atoms with E-state index in [1.165, 1.54) is 32.0 Å². The van der Waals surface area contributed by atoms with E-state index in [1.54, 1.807) is 19.2 Å². The van der Waals surface area contributed by atoms with Gasteiger partial charge in [0.1, 0.15) is 11.6 Å². The van der Waals surface area contributed by atoms with Crippen molar-refractivity contribution in [3.8, 4) is 11.4 Å². The molecule has 0 unspecified atom stereocenters. The van der Waals surface area contributed by atoms with E-state index in [9.17, 15) is 22.0 Å². The molecule has 0 atom stereocenters. The summed E-state index contributed by atoms with van der Waals surface area (Å²) in [6.07, 6.45) is 0. The van der Waals surface area contributed by atoms with Gasteiger partial charge in [0.05, 0.1) is 9.79 Å². The van der Waals surface area contributed by atoms with Gasteiger partial charge in [0, 0.05) is 50.9 Å². The largest absolute Gasteiger partial charge is 0.305 e. The molecule has 0 spiro atoms. The highest BCUT2D eigenvalue weighted by molar-refractivity contribution is 7.99. The SMILES string of the molecule is Cn1c(Sc2c(F)cc(C(=O)NO)cc2F)nnc1-c1cccc(S(=O)(=O)N2CCN(Cc3ccccc3)CC2)c1. The van der Waals surface area contributed by atoms with Gasteiger partial charge in [-0.3, -0.25) is 14.9 Å². The van der Waals surface area contributed by atoms with E-state index in [2.05, 4.69) is 15.1 Å². The Bertz CT molecular complexity index is 1650. The van der Waals surface area contributed by atoms with Crippen LogP contribution in [0.5, 0.6) is 0 Å². The van der Waals surface area contributed by atoms with Gasteiger partial charge in [-0.1, -0.05) is 42.5 Å². The van der Waals surface area contributed by atoms with Crippen LogP contribution in [0.4, 0.5) is 8.78 Å². The molecule has 41 heavy (non-hydrogen) atoms. The van der Waals surface area contributed by atoms with Gasteiger partial charge in [0.15, 0.2) is 11.0 Å². The fourth-order valence-electron chi connectivity index (χ4n) is 4.51. The number of hydroxylamine groups is 1. The number of carbonyl (C=O) groups excluding carboxylic acids is 1. The molecule has 1 aliphatic heterocycles. The molecular formula is C27H26F2N6O4S2. The van der Waals surface area contributed by atoms with Crippen molar-refractivity contribution in [2.45, 2.75) is 21.5 Å². The fourth-order valence-corrected chi connectivity index (χ4v) is 6.78. The minimum atomic E-state index is -3.77. The lowest BCUT2D eigenvalue weighted by Crippen LogP contribution is -2.48. The van der Waals surface area contributed by atoms with Crippen LogP contribution < -0.4 is 5.48 Å². The van der Waals surface area contributed by atoms with Gasteiger partial charge in [-0.05, 0) is 41.6 Å². The van der Waals surface area contributed by atoms with Gasteiger partial charge in [-0.15, -0.1) is 10.2 Å². The maximum Gasteiger partial charge on any atom is 0.274 e. The zero-order chi connectivity index (χ0) is 29.1. The number of benzene rings is 3. The second-order valence-corrected chi connectivity index (χ2v) is 12.3. The Kier molecular flexibility index (Phi) is 8.47. The van der Waals surface area contributed by atoms with Gasteiger partial charge < -0.3 is 4.57 Å². The third-order valence-corrected chi connectivity index (χ3v) is 9.73. The number of halogens is 2. The Morgan fingerprint density at radius 2 is 1.66 bits per heavy atom. The second kappa shape index (κ2) is 12.0. The van der Waals surface area contributed by atoms with E-state index in [4.69, 9.17) is 5.21 Å². The average Bonchev–Trinajstić information content (AvgIpc) is 3.35. The summed E-state index contributed by atoms with van der Waals surface area (Å²) in [6.45, 7) is 2.69. The molecule has 0 saturated carbocycles. The fraction of sp³-hybridized carbons (Fsp3) is 0.222. The number of sulfonamides is 1. The number of carbonyl (C=O) groups is 1. The number of nitrogens with one attached hydrogen (secondary N) is 1. The molecule has 0 aliphatic carbocycles. The number of hydrogen-bond acceptors (Lipinski definition) is 8. The maximum atomic E-state index is 14.6. The molecule has 0 bridgehead atoms. The minimum absolute atomic E-state index is 0.110. The monoisotopic (exact) mass is 600 g/mol. The lowest BCUT2D eigenvalue weighted by Gasteiger charge is -2.34. The van der Waals surface area contributed by atoms with Gasteiger partial charge >= 0.3 is 0 Å². The molecule has 1 saturated heterocycles. The van der Waals surface area contributed by atoms with Crippen LogP contribution in [0.2, 0.25) is 0 Å². The molecule has 1 amide bonds. The van der Waals surface area contributed by atoms with Crippen molar-refractivity contribution < 1.29 is 27.2 Å². The van der Waals surface area contributed by atoms with Crippen molar-refractivity contribution in [2.75, 3.05) is 26.2 Å². The summed E-state index contributed by atoms with van der Waals surface area (Å²) in [5, 5.41) is 17.0. The average molecular weight is 601 g/mol. The maximum absolute atomic E-state index is 14.6. The van der Waals surface area contributed by atoms with Crippen molar-refractivity contribution in [1.29, 1.82) is 0 Å². The van der Waals surface area contributed by atoms with Crippen molar-refractivity contribution in [2.24, 2.45) is 7.05 Å². The molecule has 1 aromatic heterocycles. The zero-order valence-electron chi connectivity index (χ0n) is 21.9. The number of nitrogens with zero attached hydrogens (tertiary/aromatic N) is 5.